The summed E-state index contributed by atoms with van der Waals surface area (Å²) >= 11 is 0. The summed E-state index contributed by atoms with van der Waals surface area (Å²) in [4.78, 5) is 6.53. The van der Waals surface area contributed by atoms with E-state index in [-0.39, 0.29) is 24.0 Å². The summed E-state index contributed by atoms with van der Waals surface area (Å²) < 4.78 is 24.4. The Balaban J connectivity index is 0.00000400. The molecule has 0 saturated carbocycles. The van der Waals surface area contributed by atoms with E-state index in [4.69, 9.17) is 0 Å². The number of rotatable bonds is 6. The third-order valence-electron chi connectivity index (χ3n) is 3.37. The van der Waals surface area contributed by atoms with Gasteiger partial charge in [-0.2, -0.15) is 0 Å². The Morgan fingerprint density at radius 3 is 2.57 bits per heavy atom. The fourth-order valence-corrected chi connectivity index (χ4v) is 3.10. The number of hydrogen-bond acceptors (Lipinski definition) is 3. The Morgan fingerprint density at radius 1 is 1.38 bits per heavy atom. The van der Waals surface area contributed by atoms with Gasteiger partial charge in [0.25, 0.3) is 0 Å². The molecule has 1 unspecified atom stereocenters. The summed E-state index contributed by atoms with van der Waals surface area (Å²) in [6, 6.07) is 0. The quantitative estimate of drug-likeness (QED) is 0.285. The second-order valence-corrected chi connectivity index (χ2v) is 7.70. The molecule has 0 bridgehead atoms. The smallest absolute Gasteiger partial charge is 0.208 e. The molecule has 126 valence electrons. The zero-order valence-corrected chi connectivity index (χ0v) is 16.6. The summed E-state index contributed by atoms with van der Waals surface area (Å²) in [5, 5.41) is 3.21. The van der Waals surface area contributed by atoms with E-state index in [0.29, 0.717) is 13.1 Å². The third-order valence-corrected chi connectivity index (χ3v) is 4.10. The van der Waals surface area contributed by atoms with Crippen molar-refractivity contribution in [1.82, 2.24) is 14.9 Å². The van der Waals surface area contributed by atoms with Crippen molar-refractivity contribution in [1.29, 1.82) is 0 Å². The van der Waals surface area contributed by atoms with Crippen molar-refractivity contribution in [2.75, 3.05) is 39.5 Å². The van der Waals surface area contributed by atoms with Gasteiger partial charge in [-0.1, -0.05) is 13.8 Å². The van der Waals surface area contributed by atoms with Crippen LogP contribution in [0.1, 0.15) is 26.7 Å². The average molecular weight is 432 g/mol. The minimum atomic E-state index is -3.11. The van der Waals surface area contributed by atoms with Crippen LogP contribution in [0.15, 0.2) is 4.99 Å². The molecule has 0 amide bonds. The standard InChI is InChI=1S/C13H28N4O2S.HI/c1-11(2)9-12-5-8-17(10-12)13(14-3)15-6-7-16-20(4,18)19;/h11-12,16H,5-10H2,1-4H3,(H,14,15);1H. The van der Waals surface area contributed by atoms with E-state index in [1.165, 1.54) is 19.1 Å². The van der Waals surface area contributed by atoms with Crippen LogP contribution in [0, 0.1) is 11.8 Å². The molecular weight excluding hydrogens is 403 g/mol. The lowest BCUT2D eigenvalue weighted by molar-refractivity contribution is 0.404. The van der Waals surface area contributed by atoms with Gasteiger partial charge in [0.2, 0.25) is 10.0 Å². The first kappa shape index (κ1) is 20.9. The fraction of sp³-hybridized carbons (Fsp3) is 0.923. The van der Waals surface area contributed by atoms with Gasteiger partial charge in [-0.25, -0.2) is 13.1 Å². The first-order chi connectivity index (χ1) is 9.31. The second kappa shape index (κ2) is 9.83. The third kappa shape index (κ3) is 8.82. The fourth-order valence-electron chi connectivity index (χ4n) is 2.63. The molecule has 0 aromatic carbocycles. The van der Waals surface area contributed by atoms with E-state index in [1.807, 2.05) is 0 Å². The molecule has 0 radical (unpaired) electrons. The summed E-state index contributed by atoms with van der Waals surface area (Å²) in [5.74, 6) is 2.34. The highest BCUT2D eigenvalue weighted by Crippen LogP contribution is 2.23. The van der Waals surface area contributed by atoms with Gasteiger partial charge < -0.3 is 10.2 Å². The van der Waals surface area contributed by atoms with Crippen LogP contribution >= 0.6 is 24.0 Å². The van der Waals surface area contributed by atoms with Gasteiger partial charge in [0.05, 0.1) is 6.26 Å². The van der Waals surface area contributed by atoms with Gasteiger partial charge >= 0.3 is 0 Å². The molecule has 1 atom stereocenters. The Kier molecular flexibility index (Phi) is 9.79. The maximum absolute atomic E-state index is 11.0. The van der Waals surface area contributed by atoms with Crippen molar-refractivity contribution < 1.29 is 8.42 Å². The highest BCUT2D eigenvalue weighted by molar-refractivity contribution is 14.0. The normalized spacial score (nSPS) is 19.8. The van der Waals surface area contributed by atoms with Crippen molar-refractivity contribution in [3.63, 3.8) is 0 Å². The van der Waals surface area contributed by atoms with Crippen LogP contribution in [-0.4, -0.2) is 58.8 Å². The summed E-state index contributed by atoms with van der Waals surface area (Å²) in [5.41, 5.74) is 0. The van der Waals surface area contributed by atoms with Gasteiger partial charge in [-0.15, -0.1) is 24.0 Å². The van der Waals surface area contributed by atoms with Crippen molar-refractivity contribution >= 4 is 40.0 Å². The molecule has 1 aliphatic heterocycles. The Bertz CT molecular complexity index is 426. The Labute approximate surface area is 146 Å². The maximum Gasteiger partial charge on any atom is 0.208 e. The number of hydrogen-bond donors (Lipinski definition) is 2. The van der Waals surface area contributed by atoms with E-state index in [9.17, 15) is 8.42 Å². The van der Waals surface area contributed by atoms with E-state index in [0.717, 1.165) is 30.9 Å². The maximum atomic E-state index is 11.0. The van der Waals surface area contributed by atoms with Crippen molar-refractivity contribution in [3.05, 3.63) is 0 Å². The van der Waals surface area contributed by atoms with Gasteiger partial charge in [-0.3, -0.25) is 4.99 Å². The predicted octanol–water partition coefficient (Wildman–Crippen LogP) is 1.10. The Hall–Kier alpha value is -0.0900. The van der Waals surface area contributed by atoms with E-state index in [1.54, 1.807) is 7.05 Å². The zero-order valence-electron chi connectivity index (χ0n) is 13.4. The lowest BCUT2D eigenvalue weighted by atomic mass is 9.97. The lowest BCUT2D eigenvalue weighted by Gasteiger charge is -2.22. The van der Waals surface area contributed by atoms with Crippen LogP contribution in [-0.2, 0) is 10.0 Å². The molecule has 1 rings (SSSR count). The number of nitrogens with one attached hydrogen (secondary N) is 2. The van der Waals surface area contributed by atoms with Crippen LogP contribution in [0.5, 0.6) is 0 Å². The Morgan fingerprint density at radius 2 is 2.05 bits per heavy atom. The molecule has 0 aliphatic carbocycles. The topological polar surface area (TPSA) is 73.8 Å². The molecule has 21 heavy (non-hydrogen) atoms. The van der Waals surface area contributed by atoms with Gasteiger partial charge in [0, 0.05) is 33.2 Å². The molecular formula is C13H29IN4O2S. The zero-order chi connectivity index (χ0) is 15.2. The minimum Gasteiger partial charge on any atom is -0.355 e. The molecule has 0 aromatic rings. The largest absolute Gasteiger partial charge is 0.355 e. The summed E-state index contributed by atoms with van der Waals surface area (Å²) in [6.07, 6.45) is 3.63. The first-order valence-corrected chi connectivity index (χ1v) is 9.11. The molecule has 0 spiro atoms. The lowest BCUT2D eigenvalue weighted by Crippen LogP contribution is -2.43. The first-order valence-electron chi connectivity index (χ1n) is 7.22. The molecule has 1 heterocycles. The molecule has 1 saturated heterocycles. The second-order valence-electron chi connectivity index (χ2n) is 5.87. The molecule has 1 aliphatic rings. The SMILES string of the molecule is CN=C(NCCNS(C)(=O)=O)N1CCC(CC(C)C)C1.I. The number of guanidine groups is 1. The molecule has 0 aromatic heterocycles. The molecule has 8 heteroatoms. The molecule has 2 N–H and O–H groups in total. The average Bonchev–Trinajstić information content (AvgIpc) is 2.75. The highest BCUT2D eigenvalue weighted by Gasteiger charge is 2.25. The van der Waals surface area contributed by atoms with Crippen LogP contribution in [0.3, 0.4) is 0 Å². The highest BCUT2D eigenvalue weighted by atomic mass is 127. The van der Waals surface area contributed by atoms with Crippen molar-refractivity contribution in [3.8, 4) is 0 Å². The number of likely N-dealkylation sites (tertiary alicyclic amines) is 1. The number of aliphatic imine (C=N–C) groups is 1. The van der Waals surface area contributed by atoms with E-state index in [2.05, 4.69) is 33.8 Å². The number of sulfonamides is 1. The van der Waals surface area contributed by atoms with E-state index >= 15 is 0 Å². The van der Waals surface area contributed by atoms with Crippen molar-refractivity contribution in [2.45, 2.75) is 26.7 Å². The van der Waals surface area contributed by atoms with Crippen molar-refractivity contribution in [2.24, 2.45) is 16.8 Å². The number of nitrogens with zero attached hydrogens (tertiary/aromatic N) is 2. The predicted molar refractivity (Wildman–Crippen MR) is 98.8 cm³/mol. The van der Waals surface area contributed by atoms with Crippen LogP contribution in [0.2, 0.25) is 0 Å². The van der Waals surface area contributed by atoms with Gasteiger partial charge in [0.15, 0.2) is 5.96 Å². The number of halogens is 1. The summed E-state index contributed by atoms with van der Waals surface area (Å²) in [6.45, 7) is 7.50. The van der Waals surface area contributed by atoms with Gasteiger partial charge in [-0.05, 0) is 24.7 Å². The van der Waals surface area contributed by atoms with Crippen LogP contribution < -0.4 is 10.0 Å². The monoisotopic (exact) mass is 432 g/mol. The minimum absolute atomic E-state index is 0. The van der Waals surface area contributed by atoms with Crippen LogP contribution in [0.25, 0.3) is 0 Å². The van der Waals surface area contributed by atoms with E-state index < -0.39 is 10.0 Å². The van der Waals surface area contributed by atoms with Crippen LogP contribution in [0.4, 0.5) is 0 Å². The molecule has 1 fully saturated rings. The summed E-state index contributed by atoms with van der Waals surface area (Å²) in [7, 11) is -1.35. The van der Waals surface area contributed by atoms with Gasteiger partial charge in [0.1, 0.15) is 0 Å². The molecule has 6 nitrogen and oxygen atoms in total.